The Morgan fingerprint density at radius 2 is 1.44 bits per heavy atom. The molecule has 4 rings (SSSR count). The van der Waals surface area contributed by atoms with Crippen LogP contribution >= 0.6 is 0 Å². The van der Waals surface area contributed by atoms with E-state index in [2.05, 4.69) is 6.58 Å². The molecule has 1 aliphatic rings. The predicted octanol–water partition coefficient (Wildman–Crippen LogP) is 4.44. The summed E-state index contributed by atoms with van der Waals surface area (Å²) in [5, 5.41) is 11.4. The third-order valence-electron chi connectivity index (χ3n) is 6.18. The lowest BCUT2D eigenvalue weighted by Gasteiger charge is -2.29. The summed E-state index contributed by atoms with van der Waals surface area (Å²) < 4.78 is 4.74. The van der Waals surface area contributed by atoms with Crippen LogP contribution in [0.2, 0.25) is 0 Å². The van der Waals surface area contributed by atoms with Crippen LogP contribution < -0.4 is 0 Å². The van der Waals surface area contributed by atoms with E-state index in [0.717, 1.165) is 11.1 Å². The van der Waals surface area contributed by atoms with Gasteiger partial charge >= 0.3 is 5.97 Å². The van der Waals surface area contributed by atoms with Gasteiger partial charge in [-0.15, -0.1) is 0 Å². The number of ether oxygens (including phenoxy) is 1. The number of imide groups is 1. The van der Waals surface area contributed by atoms with E-state index < -0.39 is 29.8 Å². The standard InChI is InChI=1S/C28H25NO5/c1-17-8-10-19(11-9-17)18(2)24(25(30)20-12-14-21(15-13-20)28(33)34-3)16-29-26(31)22-6-4-5-7-23(22)27(29)32/h4-15,24-25,30H,2,16H2,1,3H3. The van der Waals surface area contributed by atoms with Crippen molar-refractivity contribution in [1.82, 2.24) is 4.90 Å². The van der Waals surface area contributed by atoms with Crippen LogP contribution in [-0.2, 0) is 4.74 Å². The summed E-state index contributed by atoms with van der Waals surface area (Å²) in [5.41, 5.74) is 4.06. The molecule has 0 radical (unpaired) electrons. The molecule has 0 aliphatic carbocycles. The molecule has 0 saturated heterocycles. The summed E-state index contributed by atoms with van der Waals surface area (Å²) in [6.07, 6.45) is -1.08. The number of aliphatic hydroxyl groups is 1. The number of benzene rings is 3. The van der Waals surface area contributed by atoms with Crippen molar-refractivity contribution in [2.24, 2.45) is 5.92 Å². The molecule has 34 heavy (non-hydrogen) atoms. The van der Waals surface area contributed by atoms with Gasteiger partial charge in [-0.3, -0.25) is 14.5 Å². The Balaban J connectivity index is 1.68. The maximum absolute atomic E-state index is 13.0. The van der Waals surface area contributed by atoms with Gasteiger partial charge in [-0.05, 0) is 47.9 Å². The summed E-state index contributed by atoms with van der Waals surface area (Å²) in [6, 6.07) is 20.8. The molecule has 0 spiro atoms. The fourth-order valence-electron chi connectivity index (χ4n) is 4.15. The van der Waals surface area contributed by atoms with E-state index in [4.69, 9.17) is 4.74 Å². The van der Waals surface area contributed by atoms with Crippen molar-refractivity contribution < 1.29 is 24.2 Å². The molecule has 1 N–H and O–H groups in total. The molecule has 1 aliphatic heterocycles. The van der Waals surface area contributed by atoms with E-state index in [-0.39, 0.29) is 6.54 Å². The third kappa shape index (κ3) is 4.28. The second-order valence-electron chi connectivity index (χ2n) is 8.32. The largest absolute Gasteiger partial charge is 0.465 e. The zero-order valence-electron chi connectivity index (χ0n) is 19.0. The van der Waals surface area contributed by atoms with E-state index in [1.165, 1.54) is 12.0 Å². The van der Waals surface area contributed by atoms with Gasteiger partial charge in [-0.1, -0.05) is 60.7 Å². The van der Waals surface area contributed by atoms with Gasteiger partial charge < -0.3 is 9.84 Å². The molecule has 6 heteroatoms. The lowest BCUT2D eigenvalue weighted by atomic mass is 9.85. The number of carbonyl (C=O) groups is 3. The molecule has 2 amide bonds. The third-order valence-corrected chi connectivity index (χ3v) is 6.18. The van der Waals surface area contributed by atoms with Crippen LogP contribution in [0, 0.1) is 12.8 Å². The Morgan fingerprint density at radius 3 is 1.97 bits per heavy atom. The van der Waals surface area contributed by atoms with Crippen LogP contribution in [0.5, 0.6) is 0 Å². The smallest absolute Gasteiger partial charge is 0.337 e. The fraction of sp³-hybridized carbons (Fsp3) is 0.179. The van der Waals surface area contributed by atoms with Gasteiger partial charge in [0.05, 0.1) is 29.9 Å². The monoisotopic (exact) mass is 455 g/mol. The van der Waals surface area contributed by atoms with E-state index in [1.807, 2.05) is 31.2 Å². The average Bonchev–Trinajstić information content (AvgIpc) is 3.11. The molecule has 0 saturated carbocycles. The Morgan fingerprint density at radius 1 is 0.912 bits per heavy atom. The van der Waals surface area contributed by atoms with Crippen molar-refractivity contribution in [3.05, 3.63) is 113 Å². The Hall–Kier alpha value is -4.03. The van der Waals surface area contributed by atoms with Gasteiger partial charge in [-0.25, -0.2) is 4.79 Å². The van der Waals surface area contributed by atoms with E-state index in [0.29, 0.717) is 27.8 Å². The zero-order valence-corrected chi connectivity index (χ0v) is 19.0. The van der Waals surface area contributed by atoms with Crippen LogP contribution in [0.4, 0.5) is 0 Å². The van der Waals surface area contributed by atoms with Gasteiger partial charge in [0.15, 0.2) is 0 Å². The first-order valence-corrected chi connectivity index (χ1v) is 10.9. The van der Waals surface area contributed by atoms with Gasteiger partial charge in [0, 0.05) is 12.5 Å². The highest BCUT2D eigenvalue weighted by atomic mass is 16.5. The first kappa shape index (κ1) is 23.1. The number of fused-ring (bicyclic) bond motifs is 1. The normalized spacial score (nSPS) is 14.5. The molecule has 172 valence electrons. The highest BCUT2D eigenvalue weighted by Crippen LogP contribution is 2.36. The molecule has 3 aromatic rings. The number of aliphatic hydroxyl groups excluding tert-OH is 1. The number of aryl methyl sites for hydroxylation is 1. The topological polar surface area (TPSA) is 83.9 Å². The number of amides is 2. The summed E-state index contributed by atoms with van der Waals surface area (Å²) in [4.78, 5) is 38.9. The summed E-state index contributed by atoms with van der Waals surface area (Å²) in [7, 11) is 1.30. The van der Waals surface area contributed by atoms with E-state index >= 15 is 0 Å². The maximum atomic E-state index is 13.0. The first-order valence-electron chi connectivity index (χ1n) is 10.9. The van der Waals surface area contributed by atoms with Gasteiger partial charge in [0.25, 0.3) is 11.8 Å². The molecular weight excluding hydrogens is 430 g/mol. The molecule has 0 fully saturated rings. The lowest BCUT2D eigenvalue weighted by Crippen LogP contribution is -2.37. The molecule has 0 aromatic heterocycles. The number of carbonyl (C=O) groups excluding carboxylic acids is 3. The first-order chi connectivity index (χ1) is 16.3. The van der Waals surface area contributed by atoms with Crippen molar-refractivity contribution >= 4 is 23.4 Å². The molecule has 1 heterocycles. The second kappa shape index (κ2) is 9.45. The quantitative estimate of drug-likeness (QED) is 0.421. The molecule has 2 unspecified atom stereocenters. The van der Waals surface area contributed by atoms with Crippen molar-refractivity contribution in [2.75, 3.05) is 13.7 Å². The average molecular weight is 456 g/mol. The maximum Gasteiger partial charge on any atom is 0.337 e. The Bertz CT molecular complexity index is 1230. The molecule has 6 nitrogen and oxygen atoms in total. The van der Waals surface area contributed by atoms with E-state index in [9.17, 15) is 19.5 Å². The number of rotatable bonds is 7. The number of hydrogen-bond acceptors (Lipinski definition) is 5. The van der Waals surface area contributed by atoms with Crippen molar-refractivity contribution in [3.63, 3.8) is 0 Å². The number of esters is 1. The predicted molar refractivity (Wildman–Crippen MR) is 128 cm³/mol. The Kier molecular flexibility index (Phi) is 6.43. The van der Waals surface area contributed by atoms with E-state index in [1.54, 1.807) is 48.5 Å². The molecular formula is C28H25NO5. The molecule has 3 aromatic carbocycles. The zero-order chi connectivity index (χ0) is 24.4. The second-order valence-corrected chi connectivity index (χ2v) is 8.32. The highest BCUT2D eigenvalue weighted by molar-refractivity contribution is 6.21. The van der Waals surface area contributed by atoms with Gasteiger partial charge in [0.2, 0.25) is 0 Å². The van der Waals surface area contributed by atoms with Crippen LogP contribution in [0.1, 0.15) is 53.9 Å². The van der Waals surface area contributed by atoms with Crippen LogP contribution in [0.15, 0.2) is 79.4 Å². The minimum Gasteiger partial charge on any atom is -0.465 e. The van der Waals surface area contributed by atoms with Crippen molar-refractivity contribution in [1.29, 1.82) is 0 Å². The summed E-state index contributed by atoms with van der Waals surface area (Å²) in [6.45, 7) is 6.15. The SMILES string of the molecule is C=C(c1ccc(C)cc1)C(CN1C(=O)c2ccccc2C1=O)C(O)c1ccc(C(=O)OC)cc1. The van der Waals surface area contributed by atoms with Crippen LogP contribution in [0.25, 0.3) is 5.57 Å². The van der Waals surface area contributed by atoms with Gasteiger partial charge in [0.1, 0.15) is 0 Å². The highest BCUT2D eigenvalue weighted by Gasteiger charge is 2.38. The minimum atomic E-state index is -1.08. The lowest BCUT2D eigenvalue weighted by molar-refractivity contribution is 0.0568. The molecule has 2 atom stereocenters. The number of methoxy groups -OCH3 is 1. The van der Waals surface area contributed by atoms with Gasteiger partial charge in [-0.2, -0.15) is 0 Å². The summed E-state index contributed by atoms with van der Waals surface area (Å²) >= 11 is 0. The fourth-order valence-corrected chi connectivity index (χ4v) is 4.15. The van der Waals surface area contributed by atoms with Crippen molar-refractivity contribution in [2.45, 2.75) is 13.0 Å². The number of nitrogens with zero attached hydrogens (tertiary/aromatic N) is 1. The molecule has 0 bridgehead atoms. The minimum absolute atomic E-state index is 0.0427. The van der Waals surface area contributed by atoms with Crippen LogP contribution in [0.3, 0.4) is 0 Å². The Labute approximate surface area is 198 Å². The van der Waals surface area contributed by atoms with Crippen molar-refractivity contribution in [3.8, 4) is 0 Å². The number of hydrogen-bond donors (Lipinski definition) is 1. The summed E-state index contributed by atoms with van der Waals surface area (Å²) in [5.74, 6) is -1.94. The van der Waals surface area contributed by atoms with Crippen LogP contribution in [-0.4, -0.2) is 41.4 Å².